The molecule has 0 radical (unpaired) electrons. The van der Waals surface area contributed by atoms with Crippen molar-refractivity contribution in [1.29, 1.82) is 0 Å². The molecular formula is C9H13ClN2O2. The van der Waals surface area contributed by atoms with Crippen molar-refractivity contribution in [3.8, 4) is 5.88 Å². The Balaban J connectivity index is 1.89. The molecule has 2 rings (SSSR count). The Labute approximate surface area is 87.8 Å². The lowest BCUT2D eigenvalue weighted by atomic mass is 10.1. The Morgan fingerprint density at radius 2 is 2.29 bits per heavy atom. The molecule has 0 saturated carbocycles. The Kier molecular flexibility index (Phi) is 2.93. The van der Waals surface area contributed by atoms with Crippen LogP contribution in [0, 0.1) is 0 Å². The van der Waals surface area contributed by atoms with Gasteiger partial charge in [0.15, 0.2) is 0 Å². The quantitative estimate of drug-likeness (QED) is 0.756. The second-order valence-electron chi connectivity index (χ2n) is 3.59. The second-order valence-corrected chi connectivity index (χ2v) is 4.00. The highest BCUT2D eigenvalue weighted by Crippen LogP contribution is 2.24. The van der Waals surface area contributed by atoms with E-state index in [-0.39, 0.29) is 6.10 Å². The molecule has 0 amide bonds. The zero-order valence-electron chi connectivity index (χ0n) is 8.07. The molecule has 0 aromatic carbocycles. The fourth-order valence-electron chi connectivity index (χ4n) is 1.55. The van der Waals surface area contributed by atoms with Gasteiger partial charge in [0.25, 0.3) is 5.88 Å². The summed E-state index contributed by atoms with van der Waals surface area (Å²) in [7, 11) is 2.11. The van der Waals surface area contributed by atoms with Crippen molar-refractivity contribution in [3.63, 3.8) is 0 Å². The van der Waals surface area contributed by atoms with E-state index >= 15 is 0 Å². The van der Waals surface area contributed by atoms with Crippen molar-refractivity contribution in [2.75, 3.05) is 20.1 Å². The Bertz CT molecular complexity index is 295. The first-order valence-corrected chi connectivity index (χ1v) is 5.08. The first-order chi connectivity index (χ1) is 6.75. The Morgan fingerprint density at radius 1 is 1.57 bits per heavy atom. The summed E-state index contributed by atoms with van der Waals surface area (Å²) in [5.74, 6) is 0.418. The van der Waals surface area contributed by atoms with Crippen LogP contribution in [0.1, 0.15) is 12.8 Å². The fourth-order valence-corrected chi connectivity index (χ4v) is 1.67. The zero-order valence-corrected chi connectivity index (χ0v) is 8.83. The maximum Gasteiger partial charge on any atom is 0.273 e. The summed E-state index contributed by atoms with van der Waals surface area (Å²) in [6.45, 7) is 2.11. The molecule has 78 valence electrons. The number of piperidine rings is 1. The first-order valence-electron chi connectivity index (χ1n) is 4.71. The summed E-state index contributed by atoms with van der Waals surface area (Å²) in [4.78, 5) is 2.28. The number of ether oxygens (including phenoxy) is 1. The minimum absolute atomic E-state index is 0.216. The molecule has 0 aliphatic carbocycles. The predicted molar refractivity (Wildman–Crippen MR) is 52.7 cm³/mol. The molecule has 1 aromatic heterocycles. The lowest BCUT2D eigenvalue weighted by molar-refractivity contribution is 0.106. The van der Waals surface area contributed by atoms with Crippen molar-refractivity contribution >= 4 is 11.6 Å². The second kappa shape index (κ2) is 4.19. The summed E-state index contributed by atoms with van der Waals surface area (Å²) in [5.41, 5.74) is 0. The number of halogens is 1. The molecule has 1 fully saturated rings. The highest BCUT2D eigenvalue weighted by Gasteiger charge is 2.20. The SMILES string of the molecule is CN1CCC(Oc2nocc2Cl)CC1. The molecule has 0 bridgehead atoms. The van der Waals surface area contributed by atoms with Gasteiger partial charge in [0, 0.05) is 13.1 Å². The van der Waals surface area contributed by atoms with Crippen LogP contribution in [0.15, 0.2) is 10.8 Å². The van der Waals surface area contributed by atoms with Crippen LogP contribution in [0.3, 0.4) is 0 Å². The van der Waals surface area contributed by atoms with Gasteiger partial charge in [-0.25, -0.2) is 0 Å². The summed E-state index contributed by atoms with van der Waals surface area (Å²) in [6.07, 6.45) is 3.62. The number of nitrogens with zero attached hydrogens (tertiary/aromatic N) is 2. The van der Waals surface area contributed by atoms with E-state index in [1.165, 1.54) is 6.26 Å². The van der Waals surface area contributed by atoms with Crippen molar-refractivity contribution in [2.45, 2.75) is 18.9 Å². The smallest absolute Gasteiger partial charge is 0.273 e. The maximum absolute atomic E-state index is 5.80. The van der Waals surface area contributed by atoms with Gasteiger partial charge in [0.2, 0.25) is 0 Å². The average Bonchev–Trinajstić information content (AvgIpc) is 2.56. The molecule has 2 heterocycles. The van der Waals surface area contributed by atoms with E-state index in [1.54, 1.807) is 0 Å². The van der Waals surface area contributed by atoms with Crippen molar-refractivity contribution in [2.24, 2.45) is 0 Å². The fraction of sp³-hybridized carbons (Fsp3) is 0.667. The molecule has 0 atom stereocenters. The molecule has 1 aliphatic rings. The topological polar surface area (TPSA) is 38.5 Å². The van der Waals surface area contributed by atoms with Gasteiger partial charge in [-0.1, -0.05) is 11.6 Å². The molecule has 1 saturated heterocycles. The minimum atomic E-state index is 0.216. The van der Waals surface area contributed by atoms with Crippen molar-refractivity contribution < 1.29 is 9.26 Å². The van der Waals surface area contributed by atoms with Gasteiger partial charge in [-0.15, -0.1) is 0 Å². The summed E-state index contributed by atoms with van der Waals surface area (Å²) < 4.78 is 10.3. The number of rotatable bonds is 2. The third-order valence-corrected chi connectivity index (χ3v) is 2.69. The third-order valence-electron chi connectivity index (χ3n) is 2.44. The molecule has 1 aliphatic heterocycles. The van der Waals surface area contributed by atoms with Gasteiger partial charge in [-0.2, -0.15) is 0 Å². The summed E-state index contributed by atoms with van der Waals surface area (Å²) >= 11 is 5.80. The molecular weight excluding hydrogens is 204 g/mol. The monoisotopic (exact) mass is 216 g/mol. The van der Waals surface area contributed by atoms with Gasteiger partial charge in [0.1, 0.15) is 17.4 Å². The largest absolute Gasteiger partial charge is 0.471 e. The Hall–Kier alpha value is -0.740. The van der Waals surface area contributed by atoms with E-state index in [9.17, 15) is 0 Å². The van der Waals surface area contributed by atoms with E-state index < -0.39 is 0 Å². The lowest BCUT2D eigenvalue weighted by Gasteiger charge is -2.28. The van der Waals surface area contributed by atoms with Crippen molar-refractivity contribution in [3.05, 3.63) is 11.3 Å². The molecule has 4 nitrogen and oxygen atoms in total. The molecule has 14 heavy (non-hydrogen) atoms. The number of likely N-dealkylation sites (tertiary alicyclic amines) is 1. The minimum Gasteiger partial charge on any atom is -0.471 e. The van der Waals surface area contributed by atoms with Gasteiger partial charge < -0.3 is 14.2 Å². The number of hydrogen-bond acceptors (Lipinski definition) is 4. The molecule has 0 spiro atoms. The van der Waals surface area contributed by atoms with Crippen LogP contribution in [0.2, 0.25) is 5.02 Å². The van der Waals surface area contributed by atoms with Crippen LogP contribution in [0.25, 0.3) is 0 Å². The van der Waals surface area contributed by atoms with Crippen LogP contribution in [0.5, 0.6) is 5.88 Å². The summed E-state index contributed by atoms with van der Waals surface area (Å²) in [6, 6.07) is 0. The molecule has 5 heteroatoms. The van der Waals surface area contributed by atoms with Gasteiger partial charge in [-0.3, -0.25) is 0 Å². The van der Waals surface area contributed by atoms with E-state index in [0.29, 0.717) is 10.9 Å². The van der Waals surface area contributed by atoms with Crippen molar-refractivity contribution in [1.82, 2.24) is 10.1 Å². The van der Waals surface area contributed by atoms with Crippen LogP contribution >= 0.6 is 11.6 Å². The maximum atomic E-state index is 5.80. The Morgan fingerprint density at radius 3 is 2.86 bits per heavy atom. The normalized spacial score (nSPS) is 19.9. The van der Waals surface area contributed by atoms with Crippen LogP contribution < -0.4 is 4.74 Å². The van der Waals surface area contributed by atoms with Crippen LogP contribution in [-0.2, 0) is 0 Å². The van der Waals surface area contributed by atoms with E-state index in [1.807, 2.05) is 0 Å². The van der Waals surface area contributed by atoms with Gasteiger partial charge in [-0.05, 0) is 25.0 Å². The van der Waals surface area contributed by atoms with Gasteiger partial charge >= 0.3 is 0 Å². The highest BCUT2D eigenvalue weighted by molar-refractivity contribution is 6.31. The van der Waals surface area contributed by atoms with E-state index in [2.05, 4.69) is 17.1 Å². The lowest BCUT2D eigenvalue weighted by Crippen LogP contribution is -2.35. The predicted octanol–water partition coefficient (Wildman–Crippen LogP) is 1.80. The first kappa shape index (κ1) is 9.80. The van der Waals surface area contributed by atoms with Crippen LogP contribution in [0.4, 0.5) is 0 Å². The molecule has 0 N–H and O–H groups in total. The molecule has 0 unspecified atom stereocenters. The standard InChI is InChI=1S/C9H13ClN2O2/c1-12-4-2-7(3-5-12)14-9-8(10)6-13-11-9/h6-7H,2-5H2,1H3. The highest BCUT2D eigenvalue weighted by atomic mass is 35.5. The zero-order chi connectivity index (χ0) is 9.97. The number of aromatic nitrogens is 1. The number of hydrogen-bond donors (Lipinski definition) is 0. The van der Waals surface area contributed by atoms with Crippen LogP contribution in [-0.4, -0.2) is 36.3 Å². The third kappa shape index (κ3) is 2.19. The molecule has 1 aromatic rings. The van der Waals surface area contributed by atoms with E-state index in [0.717, 1.165) is 25.9 Å². The van der Waals surface area contributed by atoms with E-state index in [4.69, 9.17) is 20.9 Å². The summed E-state index contributed by atoms with van der Waals surface area (Å²) in [5, 5.41) is 4.13. The average molecular weight is 217 g/mol. The van der Waals surface area contributed by atoms with Gasteiger partial charge in [0.05, 0.1) is 0 Å².